The lowest BCUT2D eigenvalue weighted by Crippen LogP contribution is -2.48. The van der Waals surface area contributed by atoms with Crippen LogP contribution in [0.3, 0.4) is 0 Å². The number of aryl methyl sites for hydroxylation is 2. The van der Waals surface area contributed by atoms with Crippen molar-refractivity contribution in [3.05, 3.63) is 23.3 Å². The normalized spacial score (nSPS) is 23.8. The van der Waals surface area contributed by atoms with E-state index in [0.29, 0.717) is 29.3 Å². The third-order valence-electron chi connectivity index (χ3n) is 9.17. The van der Waals surface area contributed by atoms with E-state index in [1.165, 1.54) is 37.3 Å². The Balaban J connectivity index is 1.49. The second-order valence-corrected chi connectivity index (χ2v) is 13.9. The van der Waals surface area contributed by atoms with Gasteiger partial charge in [0, 0.05) is 33.7 Å². The van der Waals surface area contributed by atoms with Crippen molar-refractivity contribution in [2.45, 2.75) is 58.8 Å². The van der Waals surface area contributed by atoms with Gasteiger partial charge in [0.05, 0.1) is 18.6 Å². The number of carbonyl (C=O) groups is 1. The summed E-state index contributed by atoms with van der Waals surface area (Å²) >= 11 is 0. The fraction of sp³-hybridized carbons (Fsp3) is 0.750. The first-order chi connectivity index (χ1) is 17.2. The number of carbonyl (C=O) groups excluding carboxylic acids is 1. The minimum Gasteiger partial charge on any atom is -0.497 e. The molecule has 1 aromatic rings. The van der Waals surface area contributed by atoms with Gasteiger partial charge in [-0.15, -0.1) is 0 Å². The molecule has 1 amide bonds. The quantitative estimate of drug-likeness (QED) is 0.380. The molecule has 8 nitrogen and oxygen atoms in total. The largest absolute Gasteiger partial charge is 0.497 e. The van der Waals surface area contributed by atoms with Crippen LogP contribution in [0.5, 0.6) is 5.75 Å². The van der Waals surface area contributed by atoms with E-state index < -0.39 is 10.0 Å². The molecule has 0 N–H and O–H groups in total. The molecule has 1 heterocycles. The van der Waals surface area contributed by atoms with Gasteiger partial charge in [-0.1, -0.05) is 20.8 Å². The van der Waals surface area contributed by atoms with Crippen LogP contribution in [0.25, 0.3) is 0 Å². The van der Waals surface area contributed by atoms with E-state index in [-0.39, 0.29) is 41.4 Å². The van der Waals surface area contributed by atoms with Crippen LogP contribution >= 0.6 is 0 Å². The highest BCUT2D eigenvalue weighted by Crippen LogP contribution is 2.56. The average Bonchev–Trinajstić information content (AvgIpc) is 3.00. The summed E-state index contributed by atoms with van der Waals surface area (Å²) in [6.07, 6.45) is 3.63. The molecule has 37 heavy (non-hydrogen) atoms. The standard InChI is InChI=1S/C28H47N3O5S/c1-21-16-24(35-8)17-22(2)26(21)37(33,34)30(7)14-15-36-19-25(32)29(6)20-28(5)11-10-23(27(28,3)4)18-31-12-9-13-31/h16-17,23H,9-15,18-20H2,1-8H3/t23-,28+/m1/s1. The van der Waals surface area contributed by atoms with Crippen molar-refractivity contribution < 1.29 is 22.7 Å². The first-order valence-electron chi connectivity index (χ1n) is 13.4. The molecule has 2 aliphatic rings. The molecule has 0 unspecified atom stereocenters. The number of nitrogens with zero attached hydrogens (tertiary/aromatic N) is 3. The molecule has 2 atom stereocenters. The summed E-state index contributed by atoms with van der Waals surface area (Å²) in [5.74, 6) is 1.20. The molecule has 1 aliphatic heterocycles. The monoisotopic (exact) mass is 537 g/mol. The highest BCUT2D eigenvalue weighted by atomic mass is 32.2. The van der Waals surface area contributed by atoms with E-state index in [2.05, 4.69) is 25.7 Å². The zero-order chi connectivity index (χ0) is 27.6. The molecule has 1 aliphatic carbocycles. The maximum absolute atomic E-state index is 13.2. The first-order valence-corrected chi connectivity index (χ1v) is 14.8. The number of benzene rings is 1. The molecular weight excluding hydrogens is 490 g/mol. The molecule has 0 aromatic heterocycles. The number of likely N-dealkylation sites (N-methyl/N-ethyl adjacent to an activating group) is 2. The number of sulfonamides is 1. The maximum Gasteiger partial charge on any atom is 0.248 e. The molecule has 0 spiro atoms. The number of hydrogen-bond acceptors (Lipinski definition) is 6. The third-order valence-corrected chi connectivity index (χ3v) is 11.3. The highest BCUT2D eigenvalue weighted by molar-refractivity contribution is 7.89. The van der Waals surface area contributed by atoms with Gasteiger partial charge in [-0.05, 0) is 86.2 Å². The number of amides is 1. The molecular formula is C28H47N3O5S. The first kappa shape index (κ1) is 29.9. The zero-order valence-electron chi connectivity index (χ0n) is 24.1. The Kier molecular flexibility index (Phi) is 9.36. The second kappa shape index (κ2) is 11.6. The van der Waals surface area contributed by atoms with Crippen molar-refractivity contribution in [3.8, 4) is 5.75 Å². The van der Waals surface area contributed by atoms with Crippen LogP contribution in [0.1, 0.15) is 51.2 Å². The van der Waals surface area contributed by atoms with Crippen LogP contribution in [0.2, 0.25) is 0 Å². The summed E-state index contributed by atoms with van der Waals surface area (Å²) in [6, 6.07) is 3.44. The van der Waals surface area contributed by atoms with E-state index in [1.807, 2.05) is 7.05 Å². The van der Waals surface area contributed by atoms with Gasteiger partial charge in [-0.3, -0.25) is 4.79 Å². The van der Waals surface area contributed by atoms with Crippen molar-refractivity contribution in [1.29, 1.82) is 0 Å². The SMILES string of the molecule is COc1cc(C)c(S(=O)(=O)N(C)CCOCC(=O)N(C)C[C@]2(C)CC[C@H](CN3CCC3)C2(C)C)c(C)c1. The fourth-order valence-corrected chi connectivity index (χ4v) is 7.49. The van der Waals surface area contributed by atoms with E-state index in [4.69, 9.17) is 9.47 Å². The minimum absolute atomic E-state index is 0.0509. The topological polar surface area (TPSA) is 79.4 Å². The van der Waals surface area contributed by atoms with E-state index in [1.54, 1.807) is 38.0 Å². The Hall–Kier alpha value is -1.68. The number of methoxy groups -OCH3 is 1. The summed E-state index contributed by atoms with van der Waals surface area (Å²) in [7, 11) is 1.25. The molecule has 2 fully saturated rings. The van der Waals surface area contributed by atoms with E-state index >= 15 is 0 Å². The van der Waals surface area contributed by atoms with Crippen LogP contribution in [0.4, 0.5) is 0 Å². The molecule has 1 saturated heterocycles. The summed E-state index contributed by atoms with van der Waals surface area (Å²) in [5.41, 5.74) is 1.47. The van der Waals surface area contributed by atoms with Crippen LogP contribution in [0.15, 0.2) is 17.0 Å². The van der Waals surface area contributed by atoms with Crippen LogP contribution < -0.4 is 4.74 Å². The minimum atomic E-state index is -3.69. The predicted octanol–water partition coefficient (Wildman–Crippen LogP) is 3.56. The Bertz CT molecular complexity index is 1050. The van der Waals surface area contributed by atoms with Gasteiger partial charge < -0.3 is 19.3 Å². The van der Waals surface area contributed by atoms with Gasteiger partial charge in [0.25, 0.3) is 0 Å². The Morgan fingerprint density at radius 3 is 2.30 bits per heavy atom. The van der Waals surface area contributed by atoms with Crippen molar-refractivity contribution in [2.75, 3.05) is 67.1 Å². The van der Waals surface area contributed by atoms with Crippen LogP contribution in [0, 0.1) is 30.6 Å². The molecule has 3 rings (SSSR count). The predicted molar refractivity (Wildman–Crippen MR) is 146 cm³/mol. The number of ether oxygens (including phenoxy) is 2. The van der Waals surface area contributed by atoms with Crippen LogP contribution in [-0.4, -0.2) is 95.6 Å². The third kappa shape index (κ3) is 6.32. The van der Waals surface area contributed by atoms with Gasteiger partial charge in [0.2, 0.25) is 15.9 Å². The number of hydrogen-bond donors (Lipinski definition) is 0. The fourth-order valence-electron chi connectivity index (χ4n) is 5.93. The lowest BCUT2D eigenvalue weighted by molar-refractivity contribution is -0.137. The Morgan fingerprint density at radius 1 is 1.14 bits per heavy atom. The van der Waals surface area contributed by atoms with Crippen LogP contribution in [-0.2, 0) is 19.6 Å². The highest BCUT2D eigenvalue weighted by Gasteiger charge is 2.52. The van der Waals surface area contributed by atoms with Gasteiger partial charge >= 0.3 is 0 Å². The van der Waals surface area contributed by atoms with Crippen molar-refractivity contribution in [2.24, 2.45) is 16.7 Å². The average molecular weight is 538 g/mol. The van der Waals surface area contributed by atoms with Gasteiger partial charge in [-0.25, -0.2) is 8.42 Å². The molecule has 1 aromatic carbocycles. The second-order valence-electron chi connectivity index (χ2n) is 11.9. The summed E-state index contributed by atoms with van der Waals surface area (Å²) in [5, 5.41) is 0. The molecule has 9 heteroatoms. The van der Waals surface area contributed by atoms with E-state index in [0.717, 1.165) is 13.0 Å². The van der Waals surface area contributed by atoms with Gasteiger partial charge in [0.1, 0.15) is 12.4 Å². The van der Waals surface area contributed by atoms with E-state index in [9.17, 15) is 13.2 Å². The lowest BCUT2D eigenvalue weighted by Gasteiger charge is -2.46. The zero-order valence-corrected chi connectivity index (χ0v) is 24.9. The molecule has 0 bridgehead atoms. The molecule has 1 saturated carbocycles. The van der Waals surface area contributed by atoms with Crippen molar-refractivity contribution in [1.82, 2.24) is 14.1 Å². The summed E-state index contributed by atoms with van der Waals surface area (Å²) in [6.45, 7) is 15.1. The molecule has 210 valence electrons. The number of likely N-dealkylation sites (tertiary alicyclic amines) is 1. The van der Waals surface area contributed by atoms with Gasteiger partial charge in [-0.2, -0.15) is 4.31 Å². The Labute approximate surface area is 224 Å². The maximum atomic E-state index is 13.2. The van der Waals surface area contributed by atoms with Crippen molar-refractivity contribution in [3.63, 3.8) is 0 Å². The number of rotatable bonds is 12. The summed E-state index contributed by atoms with van der Waals surface area (Å²) < 4.78 is 38.5. The van der Waals surface area contributed by atoms with Crippen molar-refractivity contribution >= 4 is 15.9 Å². The Morgan fingerprint density at radius 2 is 1.76 bits per heavy atom. The molecule has 0 radical (unpaired) electrons. The summed E-state index contributed by atoms with van der Waals surface area (Å²) in [4.78, 5) is 17.5. The lowest BCUT2D eigenvalue weighted by atomic mass is 9.65. The van der Waals surface area contributed by atoms with Gasteiger partial charge in [0.15, 0.2) is 0 Å². The smallest absolute Gasteiger partial charge is 0.248 e.